The van der Waals surface area contributed by atoms with Gasteiger partial charge in [0.1, 0.15) is 0 Å². The molecule has 0 saturated heterocycles. The topological polar surface area (TPSA) is 40.1 Å². The number of rotatable bonds is 5. The summed E-state index contributed by atoms with van der Waals surface area (Å²) in [6.07, 6.45) is 3.58. The first-order chi connectivity index (χ1) is 3.91. The summed E-state index contributed by atoms with van der Waals surface area (Å²) in [5, 5.41) is 3.97. The van der Waals surface area contributed by atoms with Crippen molar-refractivity contribution in [3.05, 3.63) is 0 Å². The Morgan fingerprint density at radius 1 is 1.25 bits per heavy atom. The Balaban J connectivity index is 2.53. The fraction of sp³-hybridized carbons (Fsp3) is 1.00. The Hall–Kier alpha value is -0.0800. The third kappa shape index (κ3) is 5.92. The molecular weight excluding hydrogens is 100 g/mol. The van der Waals surface area contributed by atoms with Crippen molar-refractivity contribution in [2.24, 2.45) is 5.73 Å². The molecule has 8 heavy (non-hydrogen) atoms. The Morgan fingerprint density at radius 3 is 2.50 bits per heavy atom. The monoisotopic (exact) mass is 115 g/mol. The highest BCUT2D eigenvalue weighted by atomic mass is 14.8. The van der Waals surface area contributed by atoms with Crippen LogP contribution in [0.5, 0.6) is 0 Å². The molecule has 1 radical (unpaired) electrons. The van der Waals surface area contributed by atoms with E-state index in [1.807, 2.05) is 7.05 Å². The van der Waals surface area contributed by atoms with Gasteiger partial charge in [0, 0.05) is 13.6 Å². The summed E-state index contributed by atoms with van der Waals surface area (Å²) in [4.78, 5) is 0. The van der Waals surface area contributed by atoms with Crippen molar-refractivity contribution in [3.8, 4) is 0 Å². The van der Waals surface area contributed by atoms with Crippen molar-refractivity contribution >= 4 is 0 Å². The largest absolute Gasteiger partial charge is 0.330 e. The Bertz CT molecular complexity index is 31.5. The van der Waals surface area contributed by atoms with Gasteiger partial charge < -0.3 is 5.73 Å². The lowest BCUT2D eigenvalue weighted by Crippen LogP contribution is -2.02. The zero-order chi connectivity index (χ0) is 6.24. The van der Waals surface area contributed by atoms with Gasteiger partial charge in [-0.2, -0.15) is 0 Å². The van der Waals surface area contributed by atoms with Crippen LogP contribution in [0.1, 0.15) is 19.3 Å². The SMILES string of the molecule is C[N]CCCCCN. The molecule has 0 unspecified atom stereocenters. The summed E-state index contributed by atoms with van der Waals surface area (Å²) in [5.74, 6) is 0. The molecule has 0 heterocycles. The fourth-order valence-corrected chi connectivity index (χ4v) is 0.591. The van der Waals surface area contributed by atoms with Gasteiger partial charge in [0.15, 0.2) is 0 Å². The Kier molecular flexibility index (Phi) is 6.85. The molecule has 0 rings (SSSR count). The molecule has 49 valence electrons. The first kappa shape index (κ1) is 7.92. The molecule has 0 aliphatic rings. The Labute approximate surface area is 51.5 Å². The van der Waals surface area contributed by atoms with Crippen molar-refractivity contribution < 1.29 is 0 Å². The van der Waals surface area contributed by atoms with Gasteiger partial charge in [-0.15, -0.1) is 0 Å². The predicted octanol–water partition coefficient (Wildman–Crippen LogP) is 0.350. The molecule has 2 nitrogen and oxygen atoms in total. The minimum Gasteiger partial charge on any atom is -0.330 e. The highest BCUT2D eigenvalue weighted by Gasteiger charge is 1.83. The van der Waals surface area contributed by atoms with E-state index in [1.54, 1.807) is 0 Å². The van der Waals surface area contributed by atoms with Crippen LogP contribution in [-0.2, 0) is 0 Å². The standard InChI is InChI=1S/C6H15N2/c1-8-6-4-2-3-5-7/h2-7H2,1H3. The molecule has 0 fully saturated rings. The molecule has 2 heteroatoms. The van der Waals surface area contributed by atoms with Crippen LogP contribution in [0.25, 0.3) is 0 Å². The van der Waals surface area contributed by atoms with Gasteiger partial charge in [0.05, 0.1) is 0 Å². The van der Waals surface area contributed by atoms with Crippen molar-refractivity contribution in [1.82, 2.24) is 5.32 Å². The van der Waals surface area contributed by atoms with Gasteiger partial charge in [0.25, 0.3) is 0 Å². The molecule has 0 atom stereocenters. The summed E-state index contributed by atoms with van der Waals surface area (Å²) in [6, 6.07) is 0. The lowest BCUT2D eigenvalue weighted by molar-refractivity contribution is 0.642. The fourth-order valence-electron chi connectivity index (χ4n) is 0.591. The third-order valence-electron chi connectivity index (χ3n) is 1.09. The van der Waals surface area contributed by atoms with Crippen molar-refractivity contribution in [2.45, 2.75) is 19.3 Å². The number of nitrogens with two attached hydrogens (primary N) is 1. The average molecular weight is 115 g/mol. The maximum atomic E-state index is 5.28. The molecule has 0 aromatic heterocycles. The second-order valence-electron chi connectivity index (χ2n) is 1.89. The summed E-state index contributed by atoms with van der Waals surface area (Å²) >= 11 is 0. The second-order valence-corrected chi connectivity index (χ2v) is 1.89. The molecule has 0 aromatic rings. The van der Waals surface area contributed by atoms with E-state index in [-0.39, 0.29) is 0 Å². The van der Waals surface area contributed by atoms with Gasteiger partial charge in [-0.1, -0.05) is 6.42 Å². The maximum Gasteiger partial charge on any atom is 0.0130 e. The third-order valence-corrected chi connectivity index (χ3v) is 1.09. The maximum absolute atomic E-state index is 5.28. The van der Waals surface area contributed by atoms with Gasteiger partial charge in [-0.3, -0.25) is 0 Å². The molecule has 0 aromatic carbocycles. The van der Waals surface area contributed by atoms with Gasteiger partial charge in [-0.05, 0) is 19.4 Å². The highest BCUT2D eigenvalue weighted by molar-refractivity contribution is 4.43. The van der Waals surface area contributed by atoms with E-state index in [2.05, 4.69) is 5.32 Å². The van der Waals surface area contributed by atoms with Gasteiger partial charge in [0.2, 0.25) is 0 Å². The number of unbranched alkanes of at least 4 members (excludes halogenated alkanes) is 2. The van der Waals surface area contributed by atoms with Crippen LogP contribution < -0.4 is 11.1 Å². The smallest absolute Gasteiger partial charge is 0.0130 e. The van der Waals surface area contributed by atoms with Crippen LogP contribution in [0, 0.1) is 0 Å². The van der Waals surface area contributed by atoms with Gasteiger partial charge >= 0.3 is 0 Å². The highest BCUT2D eigenvalue weighted by Crippen LogP contribution is 1.90. The first-order valence-corrected chi connectivity index (χ1v) is 3.17. The first-order valence-electron chi connectivity index (χ1n) is 3.17. The quantitative estimate of drug-likeness (QED) is 0.516. The van der Waals surface area contributed by atoms with Crippen LogP contribution in [0.4, 0.5) is 0 Å². The summed E-state index contributed by atoms with van der Waals surface area (Å²) in [7, 11) is 1.85. The summed E-state index contributed by atoms with van der Waals surface area (Å²) < 4.78 is 0. The minimum absolute atomic E-state index is 0.823. The molecular formula is C6H15N2. The predicted molar refractivity (Wildman–Crippen MR) is 35.8 cm³/mol. The van der Waals surface area contributed by atoms with Crippen LogP contribution >= 0.6 is 0 Å². The molecule has 0 saturated carbocycles. The zero-order valence-corrected chi connectivity index (χ0v) is 5.56. The summed E-state index contributed by atoms with van der Waals surface area (Å²) in [6.45, 7) is 1.82. The normalized spacial score (nSPS) is 9.75. The molecule has 0 bridgehead atoms. The summed E-state index contributed by atoms with van der Waals surface area (Å²) in [5.41, 5.74) is 5.28. The van der Waals surface area contributed by atoms with Crippen molar-refractivity contribution in [3.63, 3.8) is 0 Å². The lowest BCUT2D eigenvalue weighted by Gasteiger charge is -1.94. The van der Waals surface area contributed by atoms with Crippen molar-refractivity contribution in [2.75, 3.05) is 20.1 Å². The van der Waals surface area contributed by atoms with E-state index >= 15 is 0 Å². The van der Waals surface area contributed by atoms with Crippen LogP contribution in [0.15, 0.2) is 0 Å². The number of nitrogens with zero attached hydrogens (tertiary/aromatic N) is 1. The molecule has 0 amide bonds. The lowest BCUT2D eigenvalue weighted by atomic mass is 10.2. The zero-order valence-electron chi connectivity index (χ0n) is 5.56. The minimum atomic E-state index is 0.823. The molecule has 0 aliphatic carbocycles. The van der Waals surface area contributed by atoms with E-state index < -0.39 is 0 Å². The van der Waals surface area contributed by atoms with E-state index in [1.165, 1.54) is 12.8 Å². The molecule has 2 N–H and O–H groups in total. The Morgan fingerprint density at radius 2 is 2.00 bits per heavy atom. The van der Waals surface area contributed by atoms with E-state index in [4.69, 9.17) is 5.73 Å². The number of hydrogen-bond donors (Lipinski definition) is 1. The second kappa shape index (κ2) is 6.92. The van der Waals surface area contributed by atoms with Crippen LogP contribution in [0.3, 0.4) is 0 Å². The van der Waals surface area contributed by atoms with E-state index in [0.717, 1.165) is 19.5 Å². The number of hydrogen-bond acceptors (Lipinski definition) is 1. The van der Waals surface area contributed by atoms with E-state index in [9.17, 15) is 0 Å². The molecule has 0 aliphatic heterocycles. The molecule has 0 spiro atoms. The average Bonchev–Trinajstić information content (AvgIpc) is 1.81. The van der Waals surface area contributed by atoms with Crippen LogP contribution in [-0.4, -0.2) is 20.1 Å². The van der Waals surface area contributed by atoms with Crippen molar-refractivity contribution in [1.29, 1.82) is 0 Å². The van der Waals surface area contributed by atoms with Gasteiger partial charge in [-0.25, -0.2) is 5.32 Å². The van der Waals surface area contributed by atoms with E-state index in [0.29, 0.717) is 0 Å². The van der Waals surface area contributed by atoms with Crippen LogP contribution in [0.2, 0.25) is 0 Å².